The van der Waals surface area contributed by atoms with E-state index >= 15 is 0 Å². The quantitative estimate of drug-likeness (QED) is 0.814. The van der Waals surface area contributed by atoms with Crippen molar-refractivity contribution >= 4 is 11.8 Å². The molecule has 0 aromatic rings. The Morgan fingerprint density at radius 1 is 1.29 bits per heavy atom. The van der Waals surface area contributed by atoms with E-state index in [-0.39, 0.29) is 0 Å². The number of thioether (sulfide) groups is 1. The summed E-state index contributed by atoms with van der Waals surface area (Å²) in [5.41, 5.74) is 0.376. The summed E-state index contributed by atoms with van der Waals surface area (Å²) in [5.74, 6) is 0. The SMILES string of the molecule is CCC1(CC)CN(CC2(SC)CC2)C(C)CN1. The van der Waals surface area contributed by atoms with Crippen molar-refractivity contribution in [3.63, 3.8) is 0 Å². The molecule has 2 aliphatic rings. The highest BCUT2D eigenvalue weighted by molar-refractivity contribution is 8.00. The van der Waals surface area contributed by atoms with Gasteiger partial charge in [0.2, 0.25) is 0 Å². The summed E-state index contributed by atoms with van der Waals surface area (Å²) in [7, 11) is 0. The highest BCUT2D eigenvalue weighted by atomic mass is 32.2. The molecule has 0 bridgehead atoms. The molecule has 0 aromatic carbocycles. The predicted molar refractivity (Wildman–Crippen MR) is 77.8 cm³/mol. The van der Waals surface area contributed by atoms with Gasteiger partial charge in [0, 0.05) is 36.0 Å². The van der Waals surface area contributed by atoms with Gasteiger partial charge in [0.1, 0.15) is 0 Å². The summed E-state index contributed by atoms with van der Waals surface area (Å²) >= 11 is 2.09. The molecule has 1 N–H and O–H groups in total. The zero-order valence-electron chi connectivity index (χ0n) is 11.9. The summed E-state index contributed by atoms with van der Waals surface area (Å²) < 4.78 is 0.610. The average molecular weight is 256 g/mol. The van der Waals surface area contributed by atoms with Crippen molar-refractivity contribution in [2.45, 2.75) is 62.8 Å². The molecule has 1 saturated carbocycles. The van der Waals surface area contributed by atoms with Gasteiger partial charge >= 0.3 is 0 Å². The third-order valence-electron chi connectivity index (χ3n) is 4.99. The van der Waals surface area contributed by atoms with Gasteiger partial charge in [-0.1, -0.05) is 13.8 Å². The lowest BCUT2D eigenvalue weighted by molar-refractivity contribution is 0.0797. The Bertz CT molecular complexity index is 259. The molecule has 2 nitrogen and oxygen atoms in total. The number of piperazine rings is 1. The zero-order valence-corrected chi connectivity index (χ0v) is 12.7. The molecule has 0 aromatic heterocycles. The van der Waals surface area contributed by atoms with Crippen LogP contribution in [0, 0.1) is 0 Å². The molecule has 1 aliphatic heterocycles. The smallest absolute Gasteiger partial charge is 0.0304 e. The van der Waals surface area contributed by atoms with Crippen molar-refractivity contribution in [3.8, 4) is 0 Å². The highest BCUT2D eigenvalue weighted by Crippen LogP contribution is 2.48. The maximum Gasteiger partial charge on any atom is 0.0304 e. The van der Waals surface area contributed by atoms with Gasteiger partial charge < -0.3 is 5.32 Å². The van der Waals surface area contributed by atoms with E-state index in [4.69, 9.17) is 0 Å². The van der Waals surface area contributed by atoms with E-state index in [2.05, 4.69) is 49.0 Å². The standard InChI is InChI=1S/C14H28N2S/c1-5-13(6-2)10-16(12(3)9-15-13)11-14(17-4)7-8-14/h12,15H,5-11H2,1-4H3. The number of nitrogens with one attached hydrogen (secondary N) is 1. The molecule has 0 radical (unpaired) electrons. The van der Waals surface area contributed by atoms with Crippen LogP contribution in [0.4, 0.5) is 0 Å². The van der Waals surface area contributed by atoms with Crippen LogP contribution >= 0.6 is 11.8 Å². The van der Waals surface area contributed by atoms with Crippen LogP contribution in [0.3, 0.4) is 0 Å². The Morgan fingerprint density at radius 2 is 1.94 bits per heavy atom. The zero-order chi connectivity index (χ0) is 12.5. The van der Waals surface area contributed by atoms with Gasteiger partial charge in [-0.25, -0.2) is 0 Å². The van der Waals surface area contributed by atoms with E-state index in [0.717, 1.165) is 6.54 Å². The van der Waals surface area contributed by atoms with E-state index in [1.54, 1.807) is 0 Å². The van der Waals surface area contributed by atoms with Gasteiger partial charge in [0.25, 0.3) is 0 Å². The number of hydrogen-bond donors (Lipinski definition) is 1. The minimum Gasteiger partial charge on any atom is -0.308 e. The lowest BCUT2D eigenvalue weighted by Crippen LogP contribution is -2.64. The first kappa shape index (κ1) is 13.7. The third kappa shape index (κ3) is 2.82. The summed E-state index contributed by atoms with van der Waals surface area (Å²) in [6.07, 6.45) is 7.64. The van der Waals surface area contributed by atoms with Crippen molar-refractivity contribution in [2.75, 3.05) is 25.9 Å². The number of hydrogen-bond acceptors (Lipinski definition) is 3. The lowest BCUT2D eigenvalue weighted by atomic mass is 9.88. The first-order chi connectivity index (χ1) is 8.09. The number of rotatable bonds is 5. The normalized spacial score (nSPS) is 31.4. The van der Waals surface area contributed by atoms with Gasteiger partial charge in [-0.2, -0.15) is 11.8 Å². The highest BCUT2D eigenvalue weighted by Gasteiger charge is 2.46. The Hall–Kier alpha value is 0.270. The Labute approximate surface area is 111 Å². The van der Waals surface area contributed by atoms with Gasteiger partial charge in [-0.3, -0.25) is 4.90 Å². The maximum atomic E-state index is 3.79. The van der Waals surface area contributed by atoms with Crippen molar-refractivity contribution in [3.05, 3.63) is 0 Å². The molecule has 1 atom stereocenters. The number of nitrogens with zero attached hydrogens (tertiary/aromatic N) is 1. The lowest BCUT2D eigenvalue weighted by Gasteiger charge is -2.47. The fraction of sp³-hybridized carbons (Fsp3) is 1.00. The molecule has 1 heterocycles. The molecule has 0 amide bonds. The Balaban J connectivity index is 1.99. The van der Waals surface area contributed by atoms with Gasteiger partial charge in [-0.15, -0.1) is 0 Å². The van der Waals surface area contributed by atoms with Crippen LogP contribution in [0.1, 0.15) is 46.5 Å². The Kier molecular flexibility index (Phi) is 4.11. The van der Waals surface area contributed by atoms with E-state index in [0.29, 0.717) is 16.3 Å². The summed E-state index contributed by atoms with van der Waals surface area (Å²) in [5, 5.41) is 3.79. The molecule has 100 valence electrons. The molecule has 3 heteroatoms. The molecular weight excluding hydrogens is 228 g/mol. The molecule has 1 aliphatic carbocycles. The Morgan fingerprint density at radius 3 is 2.41 bits per heavy atom. The van der Waals surface area contributed by atoms with Gasteiger partial charge in [-0.05, 0) is 38.9 Å². The van der Waals surface area contributed by atoms with Crippen molar-refractivity contribution in [2.24, 2.45) is 0 Å². The molecule has 2 rings (SSSR count). The van der Waals surface area contributed by atoms with Crippen LogP contribution in [0.15, 0.2) is 0 Å². The minimum absolute atomic E-state index is 0.376. The maximum absolute atomic E-state index is 3.79. The molecule has 1 unspecified atom stereocenters. The topological polar surface area (TPSA) is 15.3 Å². The predicted octanol–water partition coefficient (Wildman–Crippen LogP) is 2.73. The van der Waals surface area contributed by atoms with E-state index in [1.807, 2.05) is 0 Å². The van der Waals surface area contributed by atoms with E-state index in [9.17, 15) is 0 Å². The van der Waals surface area contributed by atoms with Crippen LogP contribution in [0.25, 0.3) is 0 Å². The van der Waals surface area contributed by atoms with Crippen LogP contribution in [0.2, 0.25) is 0 Å². The van der Waals surface area contributed by atoms with Crippen LogP contribution in [-0.4, -0.2) is 47.1 Å². The largest absolute Gasteiger partial charge is 0.308 e. The van der Waals surface area contributed by atoms with E-state index in [1.165, 1.54) is 38.8 Å². The first-order valence-electron chi connectivity index (χ1n) is 7.13. The van der Waals surface area contributed by atoms with Gasteiger partial charge in [0.15, 0.2) is 0 Å². The second-order valence-corrected chi connectivity index (χ2v) is 7.28. The monoisotopic (exact) mass is 256 g/mol. The fourth-order valence-electron chi connectivity index (χ4n) is 2.97. The molecular formula is C14H28N2S. The summed E-state index contributed by atoms with van der Waals surface area (Å²) in [6, 6.07) is 0.700. The fourth-order valence-corrected chi connectivity index (χ4v) is 3.77. The molecule has 17 heavy (non-hydrogen) atoms. The molecule has 0 spiro atoms. The van der Waals surface area contributed by atoms with Crippen molar-refractivity contribution in [1.29, 1.82) is 0 Å². The molecule has 2 fully saturated rings. The third-order valence-corrected chi connectivity index (χ3v) is 6.39. The van der Waals surface area contributed by atoms with Crippen LogP contribution < -0.4 is 5.32 Å². The molecule has 1 saturated heterocycles. The van der Waals surface area contributed by atoms with Crippen LogP contribution in [-0.2, 0) is 0 Å². The minimum atomic E-state index is 0.376. The van der Waals surface area contributed by atoms with Crippen LogP contribution in [0.5, 0.6) is 0 Å². The van der Waals surface area contributed by atoms with Gasteiger partial charge in [0.05, 0.1) is 0 Å². The first-order valence-corrected chi connectivity index (χ1v) is 8.35. The second kappa shape index (κ2) is 5.10. The average Bonchev–Trinajstić information content (AvgIpc) is 3.13. The summed E-state index contributed by atoms with van der Waals surface area (Å²) in [4.78, 5) is 2.74. The van der Waals surface area contributed by atoms with E-state index < -0.39 is 0 Å². The summed E-state index contributed by atoms with van der Waals surface area (Å²) in [6.45, 7) is 10.7. The van der Waals surface area contributed by atoms with Crippen molar-refractivity contribution < 1.29 is 0 Å². The second-order valence-electron chi connectivity index (χ2n) is 6.01. The van der Waals surface area contributed by atoms with Crippen molar-refractivity contribution in [1.82, 2.24) is 10.2 Å².